The molecule has 1 N–H and O–H groups in total. The summed E-state index contributed by atoms with van der Waals surface area (Å²) in [5.74, 6) is -2.27. The fraction of sp³-hybridized carbons (Fsp3) is 0.786. The van der Waals surface area contributed by atoms with Crippen molar-refractivity contribution < 1.29 is 41.6 Å². The molecular weight excluding hydrogens is 344 g/mol. The SMILES string of the molecule is CCC(=O)OCC(C)(COC(C)=O)C(=O)OCCCCS(=O)(=O)O. The Hall–Kier alpha value is -1.68. The monoisotopic (exact) mass is 368 g/mol. The highest BCUT2D eigenvalue weighted by Crippen LogP contribution is 2.21. The normalized spacial score (nSPS) is 13.7. The van der Waals surface area contributed by atoms with Crippen LogP contribution in [0.3, 0.4) is 0 Å². The van der Waals surface area contributed by atoms with E-state index >= 15 is 0 Å². The third kappa shape index (κ3) is 10.2. The van der Waals surface area contributed by atoms with Crippen LogP contribution in [0.1, 0.15) is 40.0 Å². The highest BCUT2D eigenvalue weighted by Gasteiger charge is 2.38. The molecule has 0 aromatic heterocycles. The van der Waals surface area contributed by atoms with Gasteiger partial charge in [0.25, 0.3) is 10.1 Å². The predicted octanol–water partition coefficient (Wildman–Crippen LogP) is 0.720. The van der Waals surface area contributed by atoms with Crippen LogP contribution in [0.15, 0.2) is 0 Å². The Morgan fingerprint density at radius 3 is 2.12 bits per heavy atom. The lowest BCUT2D eigenvalue weighted by atomic mass is 9.93. The van der Waals surface area contributed by atoms with Crippen LogP contribution in [0.2, 0.25) is 0 Å². The summed E-state index contributed by atoms with van der Waals surface area (Å²) in [5, 5.41) is 0. The molecule has 0 fully saturated rings. The van der Waals surface area contributed by atoms with Crippen molar-refractivity contribution >= 4 is 28.0 Å². The van der Waals surface area contributed by atoms with Crippen LogP contribution in [-0.2, 0) is 38.7 Å². The van der Waals surface area contributed by atoms with E-state index in [1.165, 1.54) is 13.8 Å². The summed E-state index contributed by atoms with van der Waals surface area (Å²) in [4.78, 5) is 34.4. The summed E-state index contributed by atoms with van der Waals surface area (Å²) in [6.07, 6.45) is 0.482. The predicted molar refractivity (Wildman–Crippen MR) is 82.6 cm³/mol. The van der Waals surface area contributed by atoms with E-state index in [2.05, 4.69) is 0 Å². The van der Waals surface area contributed by atoms with E-state index in [9.17, 15) is 22.8 Å². The van der Waals surface area contributed by atoms with Gasteiger partial charge in [-0.2, -0.15) is 8.42 Å². The number of hydrogen-bond donors (Lipinski definition) is 1. The largest absolute Gasteiger partial charge is 0.465 e. The third-order valence-corrected chi connectivity index (χ3v) is 3.76. The highest BCUT2D eigenvalue weighted by molar-refractivity contribution is 7.85. The molecule has 0 aromatic carbocycles. The number of rotatable bonds is 11. The van der Waals surface area contributed by atoms with Crippen molar-refractivity contribution in [2.24, 2.45) is 5.41 Å². The molecule has 0 spiro atoms. The Balaban J connectivity index is 4.55. The molecule has 1 unspecified atom stereocenters. The van der Waals surface area contributed by atoms with Gasteiger partial charge in [-0.15, -0.1) is 0 Å². The number of carbonyl (C=O) groups is 3. The van der Waals surface area contributed by atoms with Gasteiger partial charge in [0.2, 0.25) is 0 Å². The number of ether oxygens (including phenoxy) is 3. The summed E-state index contributed by atoms with van der Waals surface area (Å²) in [5.41, 5.74) is -1.36. The molecule has 0 heterocycles. The van der Waals surface area contributed by atoms with Crippen LogP contribution in [0.25, 0.3) is 0 Å². The molecule has 0 aromatic rings. The average molecular weight is 368 g/mol. The van der Waals surface area contributed by atoms with Gasteiger partial charge in [0.1, 0.15) is 18.6 Å². The van der Waals surface area contributed by atoms with E-state index in [1.807, 2.05) is 0 Å². The average Bonchev–Trinajstić information content (AvgIpc) is 2.48. The lowest BCUT2D eigenvalue weighted by Crippen LogP contribution is -2.40. The van der Waals surface area contributed by atoms with Crippen molar-refractivity contribution in [3.05, 3.63) is 0 Å². The van der Waals surface area contributed by atoms with E-state index < -0.39 is 39.2 Å². The van der Waals surface area contributed by atoms with Gasteiger partial charge >= 0.3 is 17.9 Å². The van der Waals surface area contributed by atoms with Crippen LogP contribution >= 0.6 is 0 Å². The van der Waals surface area contributed by atoms with Crippen molar-refractivity contribution in [2.75, 3.05) is 25.6 Å². The van der Waals surface area contributed by atoms with E-state index in [4.69, 9.17) is 18.8 Å². The maximum absolute atomic E-state index is 12.2. The second kappa shape index (κ2) is 10.2. The molecular formula is C14H24O9S. The van der Waals surface area contributed by atoms with Gasteiger partial charge < -0.3 is 14.2 Å². The first kappa shape index (κ1) is 22.3. The second-order valence-electron chi connectivity index (χ2n) is 5.48. The van der Waals surface area contributed by atoms with Gasteiger partial charge in [-0.3, -0.25) is 18.9 Å². The van der Waals surface area contributed by atoms with E-state index in [1.54, 1.807) is 6.92 Å². The van der Waals surface area contributed by atoms with E-state index in [0.717, 1.165) is 0 Å². The Morgan fingerprint density at radius 2 is 1.62 bits per heavy atom. The van der Waals surface area contributed by atoms with Crippen molar-refractivity contribution in [3.63, 3.8) is 0 Å². The standard InChI is InChI=1S/C14H24O9S/c1-4-12(16)23-10-14(3,9-22-11(2)15)13(17)21-7-5-6-8-24(18,19)20/h4-10H2,1-3H3,(H,18,19,20). The van der Waals surface area contributed by atoms with Crippen molar-refractivity contribution in [1.29, 1.82) is 0 Å². The first-order valence-electron chi connectivity index (χ1n) is 7.41. The van der Waals surface area contributed by atoms with Gasteiger partial charge in [0.15, 0.2) is 0 Å². The highest BCUT2D eigenvalue weighted by atomic mass is 32.2. The van der Waals surface area contributed by atoms with Gasteiger partial charge in [0, 0.05) is 13.3 Å². The molecule has 0 radical (unpaired) electrons. The minimum absolute atomic E-state index is 0.0776. The Labute approximate surface area is 141 Å². The van der Waals surface area contributed by atoms with Crippen LogP contribution in [0.5, 0.6) is 0 Å². The zero-order chi connectivity index (χ0) is 18.8. The molecule has 10 heteroatoms. The first-order valence-corrected chi connectivity index (χ1v) is 9.02. The van der Waals surface area contributed by atoms with E-state index in [-0.39, 0.29) is 39.1 Å². The van der Waals surface area contributed by atoms with Crippen LogP contribution in [0, 0.1) is 5.41 Å². The Bertz CT molecular complexity index is 540. The molecule has 24 heavy (non-hydrogen) atoms. The smallest absolute Gasteiger partial charge is 0.318 e. The van der Waals surface area contributed by atoms with Crippen LogP contribution in [-0.4, -0.2) is 56.5 Å². The molecule has 0 bridgehead atoms. The Morgan fingerprint density at radius 1 is 1.04 bits per heavy atom. The van der Waals surface area contributed by atoms with Crippen LogP contribution < -0.4 is 0 Å². The summed E-state index contributed by atoms with van der Waals surface area (Å²) in [6, 6.07) is 0. The number of unbranched alkanes of at least 4 members (excludes halogenated alkanes) is 1. The Kier molecular flexibility index (Phi) is 9.52. The van der Waals surface area contributed by atoms with Gasteiger partial charge in [-0.25, -0.2) is 0 Å². The zero-order valence-electron chi connectivity index (χ0n) is 14.1. The zero-order valence-corrected chi connectivity index (χ0v) is 14.9. The molecule has 0 aliphatic carbocycles. The minimum atomic E-state index is -4.05. The molecule has 0 aliphatic rings. The summed E-state index contributed by atoms with van der Waals surface area (Å²) in [7, 11) is -4.05. The number of hydrogen-bond acceptors (Lipinski definition) is 8. The molecule has 0 saturated heterocycles. The molecule has 1 atom stereocenters. The fourth-order valence-electron chi connectivity index (χ4n) is 1.49. The van der Waals surface area contributed by atoms with Gasteiger partial charge in [0.05, 0.1) is 12.4 Å². The molecule has 0 rings (SSSR count). The van der Waals surface area contributed by atoms with E-state index in [0.29, 0.717) is 0 Å². The van der Waals surface area contributed by atoms with Crippen molar-refractivity contribution in [3.8, 4) is 0 Å². The molecule has 0 aliphatic heterocycles. The minimum Gasteiger partial charge on any atom is -0.465 e. The quantitative estimate of drug-likeness (QED) is 0.242. The summed E-state index contributed by atoms with van der Waals surface area (Å²) < 4.78 is 44.5. The first-order chi connectivity index (χ1) is 11.0. The third-order valence-electron chi connectivity index (χ3n) is 2.96. The molecule has 0 amide bonds. The second-order valence-corrected chi connectivity index (χ2v) is 7.06. The number of esters is 3. The van der Waals surface area contributed by atoms with Crippen molar-refractivity contribution in [2.45, 2.75) is 40.0 Å². The lowest BCUT2D eigenvalue weighted by molar-refractivity contribution is -0.169. The van der Waals surface area contributed by atoms with Gasteiger partial charge in [-0.1, -0.05) is 6.92 Å². The molecule has 0 saturated carbocycles. The summed E-state index contributed by atoms with van der Waals surface area (Å²) in [6.45, 7) is 3.50. The van der Waals surface area contributed by atoms with Crippen LogP contribution in [0.4, 0.5) is 0 Å². The summed E-state index contributed by atoms with van der Waals surface area (Å²) >= 11 is 0. The maximum Gasteiger partial charge on any atom is 0.318 e. The molecule has 140 valence electrons. The van der Waals surface area contributed by atoms with Gasteiger partial charge in [-0.05, 0) is 19.8 Å². The topological polar surface area (TPSA) is 133 Å². The number of carbonyl (C=O) groups excluding carboxylic acids is 3. The van der Waals surface area contributed by atoms with Crippen molar-refractivity contribution in [1.82, 2.24) is 0 Å². The maximum atomic E-state index is 12.2. The lowest BCUT2D eigenvalue weighted by Gasteiger charge is -2.26. The fourth-order valence-corrected chi connectivity index (χ4v) is 2.06. The molecule has 9 nitrogen and oxygen atoms in total.